The number of halogens is 2. The highest BCUT2D eigenvalue weighted by molar-refractivity contribution is 5.33. The van der Waals surface area contributed by atoms with Gasteiger partial charge in [-0.1, -0.05) is 6.07 Å². The fourth-order valence-electron chi connectivity index (χ4n) is 1.28. The van der Waals surface area contributed by atoms with Crippen LogP contribution in [0, 0.1) is 18.6 Å². The lowest BCUT2D eigenvalue weighted by Crippen LogP contribution is -1.87. The summed E-state index contributed by atoms with van der Waals surface area (Å²) < 4.78 is 31.2. The third kappa shape index (κ3) is 2.37. The van der Waals surface area contributed by atoms with Crippen LogP contribution in [0.4, 0.5) is 8.78 Å². The molecule has 0 aliphatic carbocycles. The summed E-state index contributed by atoms with van der Waals surface area (Å²) in [6.45, 7) is 1.68. The first kappa shape index (κ1) is 10.6. The van der Waals surface area contributed by atoms with Gasteiger partial charge in [0.2, 0.25) is 0 Å². The predicted molar refractivity (Wildman–Crippen MR) is 57.6 cm³/mol. The molecule has 0 atom stereocenters. The Bertz CT molecular complexity index is 492. The quantitative estimate of drug-likeness (QED) is 0.741. The minimum absolute atomic E-state index is 0.320. The Labute approximate surface area is 92.3 Å². The Hall–Kier alpha value is -1.90. The van der Waals surface area contributed by atoms with Crippen molar-refractivity contribution in [3.63, 3.8) is 0 Å². The van der Waals surface area contributed by atoms with Crippen molar-refractivity contribution in [3.05, 3.63) is 59.7 Å². The molecule has 0 fully saturated rings. The number of rotatable bonds is 2. The topological polar surface area (TPSA) is 9.23 Å². The van der Waals surface area contributed by atoms with Gasteiger partial charge < -0.3 is 4.74 Å². The van der Waals surface area contributed by atoms with Gasteiger partial charge in [-0.3, -0.25) is 0 Å². The third-order valence-electron chi connectivity index (χ3n) is 2.19. The summed E-state index contributed by atoms with van der Waals surface area (Å²) in [6, 6.07) is 10.2. The van der Waals surface area contributed by atoms with Crippen molar-refractivity contribution in [3.8, 4) is 11.5 Å². The normalized spacial score (nSPS) is 10.2. The van der Waals surface area contributed by atoms with Crippen LogP contribution in [0.3, 0.4) is 0 Å². The standard InChI is InChI=1S/C13H10F2O/c1-9-2-5-12(8-13(9)15)16-11-6-3-10(14)4-7-11/h2-8H,1H3. The summed E-state index contributed by atoms with van der Waals surface area (Å²) in [5.41, 5.74) is 0.562. The molecule has 1 nitrogen and oxygen atoms in total. The van der Waals surface area contributed by atoms with Crippen molar-refractivity contribution in [1.29, 1.82) is 0 Å². The second kappa shape index (κ2) is 4.31. The molecule has 82 valence electrons. The third-order valence-corrected chi connectivity index (χ3v) is 2.19. The molecule has 3 heteroatoms. The van der Waals surface area contributed by atoms with Crippen LogP contribution in [0.15, 0.2) is 42.5 Å². The van der Waals surface area contributed by atoms with Crippen molar-refractivity contribution in [2.24, 2.45) is 0 Å². The Balaban J connectivity index is 2.20. The van der Waals surface area contributed by atoms with E-state index in [1.165, 1.54) is 30.3 Å². The van der Waals surface area contributed by atoms with Crippen molar-refractivity contribution in [1.82, 2.24) is 0 Å². The Kier molecular flexibility index (Phi) is 2.86. The molecule has 0 saturated heterocycles. The summed E-state index contributed by atoms with van der Waals surface area (Å²) in [4.78, 5) is 0. The van der Waals surface area contributed by atoms with E-state index in [1.807, 2.05) is 0 Å². The zero-order valence-corrected chi connectivity index (χ0v) is 8.71. The molecule has 2 aromatic carbocycles. The van der Waals surface area contributed by atoms with E-state index in [1.54, 1.807) is 19.1 Å². The van der Waals surface area contributed by atoms with Gasteiger partial charge in [0.1, 0.15) is 23.1 Å². The van der Waals surface area contributed by atoms with Gasteiger partial charge in [-0.25, -0.2) is 8.78 Å². The first-order valence-electron chi connectivity index (χ1n) is 4.85. The molecule has 0 N–H and O–H groups in total. The lowest BCUT2D eigenvalue weighted by molar-refractivity contribution is 0.474. The van der Waals surface area contributed by atoms with Gasteiger partial charge in [0, 0.05) is 6.07 Å². The van der Waals surface area contributed by atoms with Crippen LogP contribution < -0.4 is 4.74 Å². The maximum absolute atomic E-state index is 13.2. The van der Waals surface area contributed by atoms with Gasteiger partial charge in [0.05, 0.1) is 0 Å². The zero-order chi connectivity index (χ0) is 11.5. The highest BCUT2D eigenvalue weighted by Crippen LogP contribution is 2.23. The molecule has 0 unspecified atom stereocenters. The summed E-state index contributed by atoms with van der Waals surface area (Å²) in [7, 11) is 0. The van der Waals surface area contributed by atoms with Crippen LogP contribution >= 0.6 is 0 Å². The lowest BCUT2D eigenvalue weighted by Gasteiger charge is -2.06. The molecule has 0 radical (unpaired) electrons. The molecule has 0 aliphatic rings. The number of hydrogen-bond donors (Lipinski definition) is 0. The summed E-state index contributed by atoms with van der Waals surface area (Å²) in [5, 5.41) is 0. The van der Waals surface area contributed by atoms with Crippen LogP contribution in [0.2, 0.25) is 0 Å². The number of aryl methyl sites for hydroxylation is 1. The molecule has 0 heterocycles. The Morgan fingerprint density at radius 1 is 0.875 bits per heavy atom. The first-order chi connectivity index (χ1) is 7.65. The van der Waals surface area contributed by atoms with E-state index < -0.39 is 0 Å². The van der Waals surface area contributed by atoms with Gasteiger partial charge >= 0.3 is 0 Å². The van der Waals surface area contributed by atoms with Crippen LogP contribution in [0.25, 0.3) is 0 Å². The van der Waals surface area contributed by atoms with Gasteiger partial charge in [0.25, 0.3) is 0 Å². The van der Waals surface area contributed by atoms with Gasteiger partial charge in [-0.05, 0) is 42.8 Å². The van der Waals surface area contributed by atoms with Crippen LogP contribution in [-0.4, -0.2) is 0 Å². The van der Waals surface area contributed by atoms with Crippen LogP contribution in [0.1, 0.15) is 5.56 Å². The highest BCUT2D eigenvalue weighted by Gasteiger charge is 2.01. The summed E-state index contributed by atoms with van der Waals surface area (Å²) in [6.07, 6.45) is 0. The second-order valence-corrected chi connectivity index (χ2v) is 3.47. The fourth-order valence-corrected chi connectivity index (χ4v) is 1.28. The molecule has 16 heavy (non-hydrogen) atoms. The molecular formula is C13H10F2O. The van der Waals surface area contributed by atoms with E-state index in [0.717, 1.165) is 0 Å². The SMILES string of the molecule is Cc1ccc(Oc2ccc(F)cc2)cc1F. The summed E-state index contributed by atoms with van der Waals surface area (Å²) >= 11 is 0. The van der Waals surface area contributed by atoms with Gasteiger partial charge in [0.15, 0.2) is 0 Å². The second-order valence-electron chi connectivity index (χ2n) is 3.47. The zero-order valence-electron chi connectivity index (χ0n) is 8.71. The Morgan fingerprint density at radius 3 is 2.12 bits per heavy atom. The van der Waals surface area contributed by atoms with Crippen LogP contribution in [-0.2, 0) is 0 Å². The molecular weight excluding hydrogens is 210 g/mol. The number of benzene rings is 2. The van der Waals surface area contributed by atoms with Crippen LogP contribution in [0.5, 0.6) is 11.5 Å². The van der Waals surface area contributed by atoms with Crippen molar-refractivity contribution < 1.29 is 13.5 Å². The van der Waals surface area contributed by atoms with E-state index in [2.05, 4.69) is 0 Å². The number of hydrogen-bond acceptors (Lipinski definition) is 1. The minimum Gasteiger partial charge on any atom is -0.457 e. The van der Waals surface area contributed by atoms with Gasteiger partial charge in [-0.2, -0.15) is 0 Å². The fraction of sp³-hybridized carbons (Fsp3) is 0.0769. The average molecular weight is 220 g/mol. The minimum atomic E-state index is -0.331. The molecule has 2 rings (SSSR count). The molecule has 0 aromatic heterocycles. The molecule has 0 saturated carbocycles. The predicted octanol–water partition coefficient (Wildman–Crippen LogP) is 4.07. The van der Waals surface area contributed by atoms with Crippen molar-refractivity contribution >= 4 is 0 Å². The molecule has 0 aliphatic heterocycles. The van der Waals surface area contributed by atoms with E-state index >= 15 is 0 Å². The Morgan fingerprint density at radius 2 is 1.50 bits per heavy atom. The lowest BCUT2D eigenvalue weighted by atomic mass is 10.2. The largest absolute Gasteiger partial charge is 0.457 e. The summed E-state index contributed by atoms with van der Waals surface area (Å²) in [5.74, 6) is 0.224. The highest BCUT2D eigenvalue weighted by atomic mass is 19.1. The maximum Gasteiger partial charge on any atom is 0.130 e. The van der Waals surface area contributed by atoms with E-state index in [0.29, 0.717) is 17.1 Å². The average Bonchev–Trinajstić information content (AvgIpc) is 2.27. The number of ether oxygens (including phenoxy) is 1. The van der Waals surface area contributed by atoms with Crippen molar-refractivity contribution in [2.75, 3.05) is 0 Å². The molecule has 2 aromatic rings. The van der Waals surface area contributed by atoms with Crippen molar-refractivity contribution in [2.45, 2.75) is 6.92 Å². The van der Waals surface area contributed by atoms with E-state index in [9.17, 15) is 8.78 Å². The monoisotopic (exact) mass is 220 g/mol. The molecule has 0 spiro atoms. The van der Waals surface area contributed by atoms with E-state index in [4.69, 9.17) is 4.74 Å². The first-order valence-corrected chi connectivity index (χ1v) is 4.85. The smallest absolute Gasteiger partial charge is 0.130 e. The van der Waals surface area contributed by atoms with E-state index in [-0.39, 0.29) is 11.6 Å². The molecule has 0 amide bonds. The maximum atomic E-state index is 13.2. The molecule has 0 bridgehead atoms. The van der Waals surface area contributed by atoms with Gasteiger partial charge in [-0.15, -0.1) is 0 Å².